The Bertz CT molecular complexity index is 573. The summed E-state index contributed by atoms with van der Waals surface area (Å²) in [7, 11) is 0. The summed E-state index contributed by atoms with van der Waals surface area (Å²) in [5, 5.41) is 0. The minimum absolute atomic E-state index is 0.327. The first kappa shape index (κ1) is 14.3. The monoisotopic (exact) mass is 273 g/mol. The van der Waals surface area contributed by atoms with E-state index in [9.17, 15) is 0 Å². The van der Waals surface area contributed by atoms with Crippen LogP contribution in [0.4, 0.5) is 5.82 Å². The van der Waals surface area contributed by atoms with Crippen molar-refractivity contribution in [3.63, 3.8) is 0 Å². The normalized spacial score (nSPS) is 10.5. The Kier molecular flexibility index (Phi) is 4.90. The van der Waals surface area contributed by atoms with Gasteiger partial charge in [-0.2, -0.15) is 4.98 Å². The summed E-state index contributed by atoms with van der Waals surface area (Å²) in [5.41, 5.74) is 6.89. The third kappa shape index (κ3) is 3.68. The lowest BCUT2D eigenvalue weighted by molar-refractivity contribution is 0.128. The van der Waals surface area contributed by atoms with Crippen LogP contribution in [-0.4, -0.2) is 16.6 Å². The van der Waals surface area contributed by atoms with Crippen LogP contribution in [0.3, 0.4) is 0 Å². The number of anilines is 1. The molecule has 0 aliphatic heterocycles. The largest absolute Gasteiger partial charge is 0.439 e. The molecule has 0 amide bonds. The van der Waals surface area contributed by atoms with E-state index in [0.29, 0.717) is 30.7 Å². The lowest BCUT2D eigenvalue weighted by atomic mass is 10.1. The second-order valence-electron chi connectivity index (χ2n) is 4.25. The van der Waals surface area contributed by atoms with Crippen molar-refractivity contribution in [1.82, 2.24) is 9.97 Å². The number of para-hydroxylation sites is 1. The standard InChI is InChI=1S/C15H19N3O2/c1-3-11-7-5-6-8-12(11)20-15-9-13(16)17-14(18-15)10-19-4-2/h5-9H,3-4,10H2,1-2H3,(H2,16,17,18). The second-order valence-corrected chi connectivity index (χ2v) is 4.25. The van der Waals surface area contributed by atoms with E-state index in [2.05, 4.69) is 16.9 Å². The van der Waals surface area contributed by atoms with E-state index in [1.54, 1.807) is 6.07 Å². The van der Waals surface area contributed by atoms with Gasteiger partial charge in [-0.1, -0.05) is 25.1 Å². The molecule has 0 aliphatic rings. The summed E-state index contributed by atoms with van der Waals surface area (Å²) in [5.74, 6) is 2.12. The van der Waals surface area contributed by atoms with Gasteiger partial charge >= 0.3 is 0 Å². The zero-order valence-electron chi connectivity index (χ0n) is 11.8. The van der Waals surface area contributed by atoms with Crippen LogP contribution in [0.15, 0.2) is 30.3 Å². The van der Waals surface area contributed by atoms with Crippen LogP contribution in [0.25, 0.3) is 0 Å². The maximum atomic E-state index is 5.82. The number of hydrogen-bond acceptors (Lipinski definition) is 5. The Balaban J connectivity index is 2.22. The smallest absolute Gasteiger partial charge is 0.224 e. The van der Waals surface area contributed by atoms with Crippen LogP contribution >= 0.6 is 0 Å². The van der Waals surface area contributed by atoms with Crippen LogP contribution in [0.1, 0.15) is 25.2 Å². The molecule has 2 N–H and O–H groups in total. The fourth-order valence-corrected chi connectivity index (χ4v) is 1.81. The Morgan fingerprint density at radius 3 is 2.70 bits per heavy atom. The number of nitrogen functional groups attached to an aromatic ring is 1. The minimum atomic E-state index is 0.327. The number of benzene rings is 1. The van der Waals surface area contributed by atoms with Gasteiger partial charge < -0.3 is 15.2 Å². The Morgan fingerprint density at radius 1 is 1.15 bits per heavy atom. The molecule has 0 atom stereocenters. The molecule has 106 valence electrons. The van der Waals surface area contributed by atoms with Crippen LogP contribution < -0.4 is 10.5 Å². The van der Waals surface area contributed by atoms with Gasteiger partial charge in [-0.05, 0) is 25.0 Å². The molecular formula is C15H19N3O2. The Morgan fingerprint density at radius 2 is 1.95 bits per heavy atom. The molecule has 2 aromatic rings. The molecule has 2 rings (SSSR count). The van der Waals surface area contributed by atoms with Gasteiger partial charge in [-0.15, -0.1) is 0 Å². The van der Waals surface area contributed by atoms with Gasteiger partial charge in [-0.3, -0.25) is 0 Å². The van der Waals surface area contributed by atoms with Gasteiger partial charge in [0.1, 0.15) is 18.2 Å². The van der Waals surface area contributed by atoms with Gasteiger partial charge in [0.05, 0.1) is 0 Å². The number of hydrogen-bond donors (Lipinski definition) is 1. The topological polar surface area (TPSA) is 70.3 Å². The predicted octanol–water partition coefficient (Wildman–Crippen LogP) is 2.95. The molecule has 0 fully saturated rings. The third-order valence-electron chi connectivity index (χ3n) is 2.77. The van der Waals surface area contributed by atoms with Crippen molar-refractivity contribution >= 4 is 5.82 Å². The fraction of sp³-hybridized carbons (Fsp3) is 0.333. The van der Waals surface area contributed by atoms with E-state index < -0.39 is 0 Å². The lowest BCUT2D eigenvalue weighted by Crippen LogP contribution is -2.04. The first-order chi connectivity index (χ1) is 9.72. The SMILES string of the molecule is CCOCc1nc(N)cc(Oc2ccccc2CC)n1. The molecule has 0 unspecified atom stereocenters. The second kappa shape index (κ2) is 6.86. The van der Waals surface area contributed by atoms with Gasteiger partial charge in [0.25, 0.3) is 0 Å². The highest BCUT2D eigenvalue weighted by Crippen LogP contribution is 2.25. The molecule has 1 aromatic heterocycles. The minimum Gasteiger partial charge on any atom is -0.439 e. The number of ether oxygens (including phenoxy) is 2. The van der Waals surface area contributed by atoms with Crippen molar-refractivity contribution in [3.05, 3.63) is 41.7 Å². The van der Waals surface area contributed by atoms with E-state index in [-0.39, 0.29) is 0 Å². The van der Waals surface area contributed by atoms with Crippen LogP contribution in [-0.2, 0) is 17.8 Å². The number of nitrogens with two attached hydrogens (primary N) is 1. The molecule has 5 heteroatoms. The van der Waals surface area contributed by atoms with Crippen LogP contribution in [0.5, 0.6) is 11.6 Å². The molecule has 0 saturated carbocycles. The van der Waals surface area contributed by atoms with Crippen molar-refractivity contribution in [1.29, 1.82) is 0 Å². The number of rotatable bonds is 6. The van der Waals surface area contributed by atoms with Crippen molar-refractivity contribution in [2.24, 2.45) is 0 Å². The van der Waals surface area contributed by atoms with Gasteiger partial charge in [0.2, 0.25) is 5.88 Å². The van der Waals surface area contributed by atoms with E-state index >= 15 is 0 Å². The molecule has 0 aliphatic carbocycles. The molecule has 5 nitrogen and oxygen atoms in total. The van der Waals surface area contributed by atoms with Crippen molar-refractivity contribution in [2.75, 3.05) is 12.3 Å². The zero-order chi connectivity index (χ0) is 14.4. The van der Waals surface area contributed by atoms with Crippen molar-refractivity contribution in [3.8, 4) is 11.6 Å². The lowest BCUT2D eigenvalue weighted by Gasteiger charge is -2.10. The van der Waals surface area contributed by atoms with E-state index in [1.807, 2.05) is 31.2 Å². The molecular weight excluding hydrogens is 254 g/mol. The van der Waals surface area contributed by atoms with Crippen molar-refractivity contribution < 1.29 is 9.47 Å². The summed E-state index contributed by atoms with van der Waals surface area (Å²) in [6, 6.07) is 9.48. The molecule has 0 spiro atoms. The summed E-state index contributed by atoms with van der Waals surface area (Å²) in [6.07, 6.45) is 0.891. The molecule has 20 heavy (non-hydrogen) atoms. The van der Waals surface area contributed by atoms with Gasteiger partial charge in [0.15, 0.2) is 5.82 Å². The van der Waals surface area contributed by atoms with Crippen LogP contribution in [0.2, 0.25) is 0 Å². The summed E-state index contributed by atoms with van der Waals surface area (Å²) in [6.45, 7) is 4.93. The maximum Gasteiger partial charge on any atom is 0.224 e. The highest BCUT2D eigenvalue weighted by molar-refractivity contribution is 5.39. The molecule has 1 aromatic carbocycles. The number of aryl methyl sites for hydroxylation is 1. The first-order valence-corrected chi connectivity index (χ1v) is 6.69. The molecule has 1 heterocycles. The highest BCUT2D eigenvalue weighted by Gasteiger charge is 2.07. The average Bonchev–Trinajstić information content (AvgIpc) is 2.45. The highest BCUT2D eigenvalue weighted by atomic mass is 16.5. The quantitative estimate of drug-likeness (QED) is 0.876. The Labute approximate surface area is 118 Å². The first-order valence-electron chi connectivity index (χ1n) is 6.69. The van der Waals surface area contributed by atoms with E-state index in [4.69, 9.17) is 15.2 Å². The summed E-state index contributed by atoms with van der Waals surface area (Å²) in [4.78, 5) is 8.42. The van der Waals surface area contributed by atoms with Gasteiger partial charge in [0, 0.05) is 12.7 Å². The molecule has 0 radical (unpaired) electrons. The predicted molar refractivity (Wildman–Crippen MR) is 77.7 cm³/mol. The Hall–Kier alpha value is -2.14. The van der Waals surface area contributed by atoms with E-state index in [0.717, 1.165) is 17.7 Å². The third-order valence-corrected chi connectivity index (χ3v) is 2.77. The number of nitrogens with zero attached hydrogens (tertiary/aromatic N) is 2. The van der Waals surface area contributed by atoms with Crippen molar-refractivity contribution in [2.45, 2.75) is 26.9 Å². The zero-order valence-corrected chi connectivity index (χ0v) is 11.8. The average molecular weight is 273 g/mol. The summed E-state index contributed by atoms with van der Waals surface area (Å²) < 4.78 is 11.1. The van der Waals surface area contributed by atoms with E-state index in [1.165, 1.54) is 0 Å². The number of aromatic nitrogens is 2. The van der Waals surface area contributed by atoms with Crippen LogP contribution in [0, 0.1) is 0 Å². The van der Waals surface area contributed by atoms with Gasteiger partial charge in [-0.25, -0.2) is 4.98 Å². The summed E-state index contributed by atoms with van der Waals surface area (Å²) >= 11 is 0. The fourth-order valence-electron chi connectivity index (χ4n) is 1.81. The maximum absolute atomic E-state index is 5.82. The molecule has 0 bridgehead atoms. The molecule has 0 saturated heterocycles.